The fourth-order valence-electron chi connectivity index (χ4n) is 3.27. The van der Waals surface area contributed by atoms with E-state index in [0.29, 0.717) is 12.1 Å². The van der Waals surface area contributed by atoms with E-state index in [-0.39, 0.29) is 0 Å². The molecule has 1 aromatic rings. The number of para-hydroxylation sites is 1. The Morgan fingerprint density at radius 1 is 1.12 bits per heavy atom. The van der Waals surface area contributed by atoms with E-state index in [2.05, 4.69) is 47.5 Å². The largest absolute Gasteiger partial charge is 0.380 e. The highest BCUT2D eigenvalue weighted by atomic mass is 15.2. The minimum absolute atomic E-state index is 0.643. The summed E-state index contributed by atoms with van der Waals surface area (Å²) in [5.74, 6) is 0.875. The van der Waals surface area contributed by atoms with Crippen LogP contribution >= 0.6 is 0 Å². The van der Waals surface area contributed by atoms with Crippen LogP contribution < -0.4 is 5.32 Å². The first-order valence-electron chi connectivity index (χ1n) is 6.40. The summed E-state index contributed by atoms with van der Waals surface area (Å²) >= 11 is 0. The Morgan fingerprint density at radius 2 is 1.81 bits per heavy atom. The summed E-state index contributed by atoms with van der Waals surface area (Å²) in [5, 5.41) is 3.72. The van der Waals surface area contributed by atoms with Gasteiger partial charge in [0.2, 0.25) is 0 Å². The Hall–Kier alpha value is -1.02. The summed E-state index contributed by atoms with van der Waals surface area (Å²) in [5.41, 5.74) is 1.27. The summed E-state index contributed by atoms with van der Waals surface area (Å²) in [6.45, 7) is 4.98. The monoisotopic (exact) mass is 216 g/mol. The molecule has 0 aromatic heterocycles. The maximum atomic E-state index is 3.72. The number of nitrogens with zero attached hydrogens (tertiary/aromatic N) is 1. The van der Waals surface area contributed by atoms with Crippen LogP contribution in [0.15, 0.2) is 30.3 Å². The van der Waals surface area contributed by atoms with Crippen molar-refractivity contribution in [2.75, 3.05) is 18.4 Å². The van der Waals surface area contributed by atoms with Gasteiger partial charge in [-0.15, -0.1) is 0 Å². The lowest BCUT2D eigenvalue weighted by atomic mass is 9.79. The second-order valence-electron chi connectivity index (χ2n) is 5.15. The second kappa shape index (κ2) is 4.10. The summed E-state index contributed by atoms with van der Waals surface area (Å²) in [6.07, 6.45) is 2.74. The van der Waals surface area contributed by atoms with Gasteiger partial charge in [0.15, 0.2) is 0 Å². The number of piperidine rings is 3. The van der Waals surface area contributed by atoms with Gasteiger partial charge in [-0.3, -0.25) is 4.90 Å². The lowest BCUT2D eigenvalue weighted by Gasteiger charge is -2.50. The molecular weight excluding hydrogens is 196 g/mol. The van der Waals surface area contributed by atoms with E-state index in [1.807, 2.05) is 0 Å². The SMILES string of the molecule is C[C@H]1[C@@H](Nc2ccccc2)C2CCN1CC2. The maximum absolute atomic E-state index is 3.72. The Kier molecular flexibility index (Phi) is 2.60. The molecule has 2 nitrogen and oxygen atoms in total. The van der Waals surface area contributed by atoms with Gasteiger partial charge < -0.3 is 5.32 Å². The standard InChI is InChI=1S/C14H20N2/c1-11-14(12-7-9-16(11)10-8-12)15-13-5-3-2-4-6-13/h2-6,11-12,14-15H,7-10H2,1H3/t11-,14+/m0/s1. The van der Waals surface area contributed by atoms with Crippen LogP contribution in [0.2, 0.25) is 0 Å². The first-order chi connectivity index (χ1) is 7.84. The van der Waals surface area contributed by atoms with Crippen molar-refractivity contribution < 1.29 is 0 Å². The number of hydrogen-bond donors (Lipinski definition) is 1. The average molecular weight is 216 g/mol. The van der Waals surface area contributed by atoms with E-state index in [0.717, 1.165) is 5.92 Å². The molecule has 0 saturated carbocycles. The molecule has 3 aliphatic rings. The molecule has 86 valence electrons. The molecule has 16 heavy (non-hydrogen) atoms. The van der Waals surface area contributed by atoms with Crippen molar-refractivity contribution in [3.05, 3.63) is 30.3 Å². The first kappa shape index (κ1) is 10.2. The first-order valence-corrected chi connectivity index (χ1v) is 6.40. The molecule has 3 fully saturated rings. The number of nitrogens with one attached hydrogen (secondary N) is 1. The van der Waals surface area contributed by atoms with E-state index < -0.39 is 0 Å². The lowest BCUT2D eigenvalue weighted by molar-refractivity contribution is 0.0458. The molecule has 3 saturated heterocycles. The molecule has 2 bridgehead atoms. The number of hydrogen-bond acceptors (Lipinski definition) is 2. The Balaban J connectivity index is 1.75. The highest BCUT2D eigenvalue weighted by molar-refractivity contribution is 5.44. The summed E-state index contributed by atoms with van der Waals surface area (Å²) in [7, 11) is 0. The van der Waals surface area contributed by atoms with Gasteiger partial charge in [-0.05, 0) is 50.9 Å². The van der Waals surface area contributed by atoms with Crippen molar-refractivity contribution in [1.82, 2.24) is 4.90 Å². The number of fused-ring (bicyclic) bond motifs is 3. The van der Waals surface area contributed by atoms with Gasteiger partial charge in [0.1, 0.15) is 0 Å². The van der Waals surface area contributed by atoms with Crippen LogP contribution in [0.25, 0.3) is 0 Å². The normalized spacial score (nSPS) is 37.3. The third-order valence-electron chi connectivity index (χ3n) is 4.28. The van der Waals surface area contributed by atoms with Crippen LogP contribution in [0, 0.1) is 5.92 Å². The van der Waals surface area contributed by atoms with Crippen LogP contribution in [-0.2, 0) is 0 Å². The summed E-state index contributed by atoms with van der Waals surface area (Å²) < 4.78 is 0. The Morgan fingerprint density at radius 3 is 2.44 bits per heavy atom. The minimum Gasteiger partial charge on any atom is -0.380 e. The van der Waals surface area contributed by atoms with Crippen molar-refractivity contribution in [3.8, 4) is 0 Å². The third-order valence-corrected chi connectivity index (χ3v) is 4.28. The number of benzene rings is 1. The van der Waals surface area contributed by atoms with Gasteiger partial charge in [0.05, 0.1) is 0 Å². The van der Waals surface area contributed by atoms with Gasteiger partial charge >= 0.3 is 0 Å². The molecule has 0 aliphatic carbocycles. The van der Waals surface area contributed by atoms with Crippen LogP contribution in [0.3, 0.4) is 0 Å². The predicted molar refractivity (Wildman–Crippen MR) is 67.6 cm³/mol. The highest BCUT2D eigenvalue weighted by Gasteiger charge is 2.39. The van der Waals surface area contributed by atoms with Gasteiger partial charge in [-0.25, -0.2) is 0 Å². The van der Waals surface area contributed by atoms with Crippen molar-refractivity contribution in [1.29, 1.82) is 0 Å². The fraction of sp³-hybridized carbons (Fsp3) is 0.571. The third kappa shape index (κ3) is 1.71. The molecule has 2 heteroatoms. The van der Waals surface area contributed by atoms with E-state index in [1.165, 1.54) is 31.6 Å². The van der Waals surface area contributed by atoms with Crippen molar-refractivity contribution in [3.63, 3.8) is 0 Å². The molecule has 0 spiro atoms. The summed E-state index contributed by atoms with van der Waals surface area (Å²) in [6, 6.07) is 12.0. The number of anilines is 1. The molecule has 0 radical (unpaired) electrons. The zero-order valence-corrected chi connectivity index (χ0v) is 9.89. The van der Waals surface area contributed by atoms with Crippen molar-refractivity contribution >= 4 is 5.69 Å². The lowest BCUT2D eigenvalue weighted by Crippen LogP contribution is -2.59. The predicted octanol–water partition coefficient (Wildman–Crippen LogP) is 2.58. The Bertz CT molecular complexity index is 339. The summed E-state index contributed by atoms with van der Waals surface area (Å²) in [4.78, 5) is 2.63. The highest BCUT2D eigenvalue weighted by Crippen LogP contribution is 2.33. The van der Waals surface area contributed by atoms with E-state index in [9.17, 15) is 0 Å². The molecule has 3 heterocycles. The van der Waals surface area contributed by atoms with Crippen molar-refractivity contribution in [2.45, 2.75) is 31.8 Å². The average Bonchev–Trinajstić information content (AvgIpc) is 2.36. The molecule has 1 N–H and O–H groups in total. The van der Waals surface area contributed by atoms with Gasteiger partial charge in [0.25, 0.3) is 0 Å². The molecule has 2 atom stereocenters. The van der Waals surface area contributed by atoms with Gasteiger partial charge in [-0.2, -0.15) is 0 Å². The topological polar surface area (TPSA) is 15.3 Å². The van der Waals surface area contributed by atoms with Crippen LogP contribution in [0.4, 0.5) is 5.69 Å². The zero-order chi connectivity index (χ0) is 11.0. The van der Waals surface area contributed by atoms with E-state index >= 15 is 0 Å². The van der Waals surface area contributed by atoms with Crippen molar-refractivity contribution in [2.24, 2.45) is 5.92 Å². The van der Waals surface area contributed by atoms with Crippen LogP contribution in [0.1, 0.15) is 19.8 Å². The van der Waals surface area contributed by atoms with E-state index in [4.69, 9.17) is 0 Å². The molecule has 0 unspecified atom stereocenters. The molecule has 0 amide bonds. The molecule has 3 aliphatic heterocycles. The van der Waals surface area contributed by atoms with E-state index in [1.54, 1.807) is 0 Å². The second-order valence-corrected chi connectivity index (χ2v) is 5.15. The maximum Gasteiger partial charge on any atom is 0.0443 e. The molecule has 4 rings (SSSR count). The smallest absolute Gasteiger partial charge is 0.0443 e. The Labute approximate surface area is 97.6 Å². The fourth-order valence-corrected chi connectivity index (χ4v) is 3.27. The van der Waals surface area contributed by atoms with Crippen LogP contribution in [0.5, 0.6) is 0 Å². The number of rotatable bonds is 2. The van der Waals surface area contributed by atoms with Gasteiger partial charge in [0, 0.05) is 17.8 Å². The quantitative estimate of drug-likeness (QED) is 0.817. The molecule has 1 aromatic carbocycles. The molecular formula is C14H20N2. The minimum atomic E-state index is 0.643. The zero-order valence-electron chi connectivity index (χ0n) is 9.89. The van der Waals surface area contributed by atoms with Crippen LogP contribution in [-0.4, -0.2) is 30.1 Å². The van der Waals surface area contributed by atoms with Gasteiger partial charge in [-0.1, -0.05) is 18.2 Å².